The van der Waals surface area contributed by atoms with E-state index in [2.05, 4.69) is 19.7 Å². The Bertz CT molecular complexity index is 1170. The Morgan fingerprint density at radius 2 is 1.81 bits per heavy atom. The van der Waals surface area contributed by atoms with E-state index in [-0.39, 0.29) is 16.7 Å². The molecule has 0 aliphatic carbocycles. The van der Waals surface area contributed by atoms with Crippen LogP contribution >= 0.6 is 7.14 Å². The highest BCUT2D eigenvalue weighted by Crippen LogP contribution is 2.43. The molecule has 0 spiro atoms. The Labute approximate surface area is 172 Å². The van der Waals surface area contributed by atoms with Crippen LogP contribution in [-0.2, 0) is 10.7 Å². The zero-order chi connectivity index (χ0) is 23.2. The Balaban J connectivity index is 2.26. The van der Waals surface area contributed by atoms with Gasteiger partial charge in [0.25, 0.3) is 0 Å². The van der Waals surface area contributed by atoms with Gasteiger partial charge in [0.05, 0.1) is 18.3 Å². The molecule has 3 aromatic rings. The summed E-state index contributed by atoms with van der Waals surface area (Å²) in [7, 11) is -1.55. The zero-order valence-electron chi connectivity index (χ0n) is 16.4. The molecule has 0 amide bonds. The molecule has 3 rings (SSSR count). The Hall–Kier alpha value is -2.75. The van der Waals surface area contributed by atoms with Crippen LogP contribution in [0.5, 0.6) is 11.8 Å². The van der Waals surface area contributed by atoms with Gasteiger partial charge in [-0.1, -0.05) is 0 Å². The highest BCUT2D eigenvalue weighted by Gasteiger charge is 2.37. The number of fused-ring (bicyclic) bond motifs is 1. The third-order valence-electron chi connectivity index (χ3n) is 4.25. The van der Waals surface area contributed by atoms with Crippen LogP contribution in [0.2, 0.25) is 0 Å². The topological polar surface area (TPSA) is 77.1 Å². The first kappa shape index (κ1) is 22.9. The number of H-pyrrole nitrogens is 1. The van der Waals surface area contributed by atoms with Crippen molar-refractivity contribution in [2.75, 3.05) is 27.0 Å². The number of nitrogens with one attached hydrogen (secondary N) is 1. The average Bonchev–Trinajstić information content (AvgIpc) is 3.06. The molecule has 0 fully saturated rings. The molecule has 2 heterocycles. The fraction of sp³-hybridized carbons (Fsp3) is 0.333. The van der Waals surface area contributed by atoms with Crippen LogP contribution in [0.3, 0.4) is 0 Å². The van der Waals surface area contributed by atoms with Crippen LogP contribution in [0.25, 0.3) is 22.2 Å². The number of hydrogen-bond donors (Lipinski definition) is 1. The van der Waals surface area contributed by atoms with Crippen molar-refractivity contribution in [1.82, 2.24) is 15.0 Å². The molecule has 0 aliphatic heterocycles. The Morgan fingerprint density at radius 3 is 2.35 bits per heavy atom. The van der Waals surface area contributed by atoms with E-state index < -0.39 is 43.4 Å². The molecule has 168 valence electrons. The van der Waals surface area contributed by atoms with E-state index in [0.717, 1.165) is 0 Å². The highest BCUT2D eigenvalue weighted by molar-refractivity contribution is 7.70. The highest BCUT2D eigenvalue weighted by atomic mass is 31.2. The van der Waals surface area contributed by atoms with Gasteiger partial charge < -0.3 is 19.0 Å². The molecule has 6 nitrogen and oxygen atoms in total. The van der Waals surface area contributed by atoms with E-state index in [9.17, 15) is 30.9 Å². The molecule has 1 N–H and O–H groups in total. The monoisotopic (exact) mass is 467 g/mol. The van der Waals surface area contributed by atoms with Crippen LogP contribution in [0.4, 0.5) is 26.3 Å². The van der Waals surface area contributed by atoms with Gasteiger partial charge in [0.2, 0.25) is 0 Å². The van der Waals surface area contributed by atoms with Gasteiger partial charge in [0, 0.05) is 28.6 Å². The summed E-state index contributed by atoms with van der Waals surface area (Å²) < 4.78 is 100. The number of methoxy groups -OCH3 is 1. The number of hydrogen-bond acceptors (Lipinski definition) is 5. The molecule has 0 unspecified atom stereocenters. The quantitative estimate of drug-likeness (QED) is 0.429. The Kier molecular flexibility index (Phi) is 5.72. The number of aromatic amines is 1. The maximum Gasteiger partial charge on any atom is 0.422 e. The number of alkyl halides is 6. The van der Waals surface area contributed by atoms with Crippen molar-refractivity contribution in [3.8, 4) is 23.0 Å². The third-order valence-corrected chi connectivity index (χ3v) is 5.76. The van der Waals surface area contributed by atoms with E-state index >= 15 is 0 Å². The van der Waals surface area contributed by atoms with Crippen molar-refractivity contribution in [3.63, 3.8) is 0 Å². The first-order valence-electron chi connectivity index (χ1n) is 8.59. The molecule has 2 aromatic heterocycles. The second kappa shape index (κ2) is 7.74. The van der Waals surface area contributed by atoms with Crippen LogP contribution in [0.1, 0.15) is 5.56 Å². The third kappa shape index (κ3) is 4.95. The van der Waals surface area contributed by atoms with Gasteiger partial charge in [-0.2, -0.15) is 31.3 Å². The molecule has 0 saturated carbocycles. The van der Waals surface area contributed by atoms with E-state index in [1.54, 1.807) is 0 Å². The lowest BCUT2D eigenvalue weighted by atomic mass is 10.1. The van der Waals surface area contributed by atoms with Gasteiger partial charge in [0.15, 0.2) is 6.61 Å². The summed E-state index contributed by atoms with van der Waals surface area (Å²) in [5.41, 5.74) is -1.75. The average molecular weight is 467 g/mol. The summed E-state index contributed by atoms with van der Waals surface area (Å²) in [6, 6.07) is 2.06. The number of ether oxygens (including phenoxy) is 2. The zero-order valence-corrected chi connectivity index (χ0v) is 17.2. The molecular formula is C18H16F6N3O3P. The van der Waals surface area contributed by atoms with E-state index in [0.29, 0.717) is 17.0 Å². The standard InChI is InChI=1S/C18H16F6N3O3P/c1-29-9-4-10-11(6-25-15(10)13(5-9)31(2,3)28)14-12(18(22,23)24)7-26-16(27-14)30-8-17(19,20)21/h4-7,25H,8H2,1-3H3. The minimum Gasteiger partial charge on any atom is -0.497 e. The predicted molar refractivity (Wildman–Crippen MR) is 102 cm³/mol. The second-order valence-corrected chi connectivity index (χ2v) is 10.1. The fourth-order valence-corrected chi connectivity index (χ4v) is 4.08. The predicted octanol–water partition coefficient (Wildman–Crippen LogP) is 4.84. The lowest BCUT2D eigenvalue weighted by Crippen LogP contribution is -2.20. The van der Waals surface area contributed by atoms with E-state index in [1.165, 1.54) is 38.8 Å². The molecular weight excluding hydrogens is 451 g/mol. The van der Waals surface area contributed by atoms with E-state index in [1.807, 2.05) is 0 Å². The minimum atomic E-state index is -4.89. The molecule has 0 bridgehead atoms. The minimum absolute atomic E-state index is 0.0878. The van der Waals surface area contributed by atoms with Crippen molar-refractivity contribution >= 4 is 23.3 Å². The Morgan fingerprint density at radius 1 is 1.13 bits per heavy atom. The van der Waals surface area contributed by atoms with Gasteiger partial charge in [0.1, 0.15) is 18.5 Å². The summed E-state index contributed by atoms with van der Waals surface area (Å²) in [6.45, 7) is 1.20. The summed E-state index contributed by atoms with van der Waals surface area (Å²) in [5, 5.41) is 0.536. The number of nitrogens with zero attached hydrogens (tertiary/aromatic N) is 2. The maximum absolute atomic E-state index is 13.6. The molecule has 13 heteroatoms. The fourth-order valence-electron chi connectivity index (χ4n) is 2.92. The largest absolute Gasteiger partial charge is 0.497 e. The molecule has 0 atom stereocenters. The normalized spacial score (nSPS) is 12.9. The number of benzene rings is 1. The van der Waals surface area contributed by atoms with Crippen molar-refractivity contribution in [2.24, 2.45) is 0 Å². The van der Waals surface area contributed by atoms with Gasteiger partial charge in [-0.15, -0.1) is 0 Å². The molecule has 0 aliphatic rings. The van der Waals surface area contributed by atoms with Crippen LogP contribution in [0.15, 0.2) is 24.5 Å². The SMILES string of the molecule is COc1cc(P(C)(C)=O)c2[nH]cc(-c3nc(OCC(F)(F)F)ncc3C(F)(F)F)c2c1. The molecule has 31 heavy (non-hydrogen) atoms. The van der Waals surface area contributed by atoms with Crippen molar-refractivity contribution in [1.29, 1.82) is 0 Å². The number of aromatic nitrogens is 3. The first-order valence-corrected chi connectivity index (χ1v) is 11.2. The van der Waals surface area contributed by atoms with Gasteiger partial charge in [-0.3, -0.25) is 0 Å². The summed E-state index contributed by atoms with van der Waals surface area (Å²) in [6.07, 6.45) is -8.06. The van der Waals surface area contributed by atoms with Gasteiger partial charge in [-0.05, 0) is 25.5 Å². The molecule has 0 radical (unpaired) electrons. The van der Waals surface area contributed by atoms with Crippen LogP contribution in [-0.4, -0.2) is 48.2 Å². The number of halogens is 6. The van der Waals surface area contributed by atoms with Crippen LogP contribution in [0, 0.1) is 0 Å². The van der Waals surface area contributed by atoms with Crippen molar-refractivity contribution < 1.29 is 40.4 Å². The maximum atomic E-state index is 13.6. The summed E-state index contributed by atoms with van der Waals surface area (Å²) in [5.74, 6) is 0.239. The molecule has 1 aromatic carbocycles. The van der Waals surface area contributed by atoms with Gasteiger partial charge >= 0.3 is 18.4 Å². The van der Waals surface area contributed by atoms with Crippen molar-refractivity contribution in [3.05, 3.63) is 30.1 Å². The number of rotatable bonds is 5. The van der Waals surface area contributed by atoms with Crippen molar-refractivity contribution in [2.45, 2.75) is 12.4 Å². The van der Waals surface area contributed by atoms with Crippen LogP contribution < -0.4 is 14.8 Å². The second-order valence-electron chi connectivity index (χ2n) is 6.94. The smallest absolute Gasteiger partial charge is 0.422 e. The summed E-state index contributed by atoms with van der Waals surface area (Å²) in [4.78, 5) is 9.65. The molecule has 0 saturated heterocycles. The van der Waals surface area contributed by atoms with Gasteiger partial charge in [-0.25, -0.2) is 4.98 Å². The van der Waals surface area contributed by atoms with E-state index in [4.69, 9.17) is 4.74 Å². The lowest BCUT2D eigenvalue weighted by Gasteiger charge is -2.14. The summed E-state index contributed by atoms with van der Waals surface area (Å²) >= 11 is 0. The first-order chi connectivity index (χ1) is 14.2. The lowest BCUT2D eigenvalue weighted by molar-refractivity contribution is -0.155.